The number of nitrogens with zero attached hydrogens (tertiary/aromatic N) is 3. The first-order valence-corrected chi connectivity index (χ1v) is 12.7. The number of amides is 1. The molecule has 1 aliphatic rings. The number of carbonyl (C=O) groups is 1. The van der Waals surface area contributed by atoms with Crippen LogP contribution in [0.15, 0.2) is 58.2 Å². The van der Waals surface area contributed by atoms with Gasteiger partial charge in [-0.2, -0.15) is 4.31 Å². The Kier molecular flexibility index (Phi) is 6.75. The van der Waals surface area contributed by atoms with Gasteiger partial charge in [-0.25, -0.2) is 8.42 Å². The van der Waals surface area contributed by atoms with Crippen LogP contribution in [0, 0.1) is 0 Å². The Labute approximate surface area is 190 Å². The first-order chi connectivity index (χ1) is 15.4. The van der Waals surface area contributed by atoms with E-state index < -0.39 is 10.0 Å². The fourth-order valence-corrected chi connectivity index (χ4v) is 6.18. The molecule has 0 atom stereocenters. The molecular weight excluding hydrogens is 450 g/mol. The highest BCUT2D eigenvalue weighted by atomic mass is 32.2. The Morgan fingerprint density at radius 1 is 1.12 bits per heavy atom. The van der Waals surface area contributed by atoms with Crippen molar-refractivity contribution in [2.24, 2.45) is 0 Å². The van der Waals surface area contributed by atoms with Crippen LogP contribution < -0.4 is 4.87 Å². The van der Waals surface area contributed by atoms with Gasteiger partial charge in [0.25, 0.3) is 0 Å². The van der Waals surface area contributed by atoms with Gasteiger partial charge >= 0.3 is 4.87 Å². The molecule has 1 fully saturated rings. The number of sulfonamides is 1. The topological polar surface area (TPSA) is 88.9 Å². The second-order valence-corrected chi connectivity index (χ2v) is 10.4. The minimum atomic E-state index is -3.74. The fourth-order valence-electron chi connectivity index (χ4n) is 3.71. The lowest BCUT2D eigenvalue weighted by molar-refractivity contribution is -0.135. The predicted molar refractivity (Wildman–Crippen MR) is 123 cm³/mol. The molecule has 1 saturated heterocycles. The van der Waals surface area contributed by atoms with Crippen LogP contribution in [-0.4, -0.2) is 60.9 Å². The summed E-state index contributed by atoms with van der Waals surface area (Å²) in [6.07, 6.45) is 0. The normalized spacial score (nSPS) is 14.9. The summed E-state index contributed by atoms with van der Waals surface area (Å²) in [6.45, 7) is 4.31. The molecule has 2 aromatic carbocycles. The molecule has 0 unspecified atom stereocenters. The van der Waals surface area contributed by atoms with Gasteiger partial charge in [0, 0.05) is 26.2 Å². The number of benzene rings is 2. The highest BCUT2D eigenvalue weighted by Crippen LogP contribution is 2.25. The minimum Gasteiger partial charge on any atom is -0.378 e. The predicted octanol–water partition coefficient (Wildman–Crippen LogP) is 2.13. The smallest absolute Gasteiger partial charge is 0.308 e. The third kappa shape index (κ3) is 4.63. The lowest BCUT2D eigenvalue weighted by Gasteiger charge is -2.26. The van der Waals surface area contributed by atoms with Gasteiger partial charge in [-0.15, -0.1) is 0 Å². The average molecular weight is 476 g/mol. The van der Waals surface area contributed by atoms with Crippen molar-refractivity contribution < 1.29 is 17.9 Å². The van der Waals surface area contributed by atoms with Crippen LogP contribution in [0.1, 0.15) is 12.5 Å². The third-order valence-corrected chi connectivity index (χ3v) is 8.35. The van der Waals surface area contributed by atoms with Crippen LogP contribution in [0.25, 0.3) is 10.2 Å². The van der Waals surface area contributed by atoms with Crippen LogP contribution in [0.3, 0.4) is 0 Å². The summed E-state index contributed by atoms with van der Waals surface area (Å²) in [5.41, 5.74) is 1.46. The second kappa shape index (κ2) is 9.53. The molecule has 0 N–H and O–H groups in total. The van der Waals surface area contributed by atoms with Gasteiger partial charge in [0.05, 0.1) is 28.3 Å². The molecule has 2 heterocycles. The molecule has 0 aliphatic carbocycles. The largest absolute Gasteiger partial charge is 0.378 e. The molecule has 1 aliphatic heterocycles. The lowest BCUT2D eigenvalue weighted by Crippen LogP contribution is -2.43. The highest BCUT2D eigenvalue weighted by molar-refractivity contribution is 7.89. The van der Waals surface area contributed by atoms with Crippen molar-refractivity contribution in [2.45, 2.75) is 24.9 Å². The maximum Gasteiger partial charge on any atom is 0.308 e. The molecule has 4 rings (SSSR count). The monoisotopic (exact) mass is 475 g/mol. The van der Waals surface area contributed by atoms with Gasteiger partial charge in [0.15, 0.2) is 0 Å². The Balaban J connectivity index is 1.60. The highest BCUT2D eigenvalue weighted by Gasteiger charge is 2.25. The van der Waals surface area contributed by atoms with E-state index in [1.54, 1.807) is 17.9 Å². The molecule has 0 spiro atoms. The number of fused-ring (bicyclic) bond motifs is 1. The van der Waals surface area contributed by atoms with Crippen molar-refractivity contribution in [1.29, 1.82) is 0 Å². The van der Waals surface area contributed by atoms with Crippen molar-refractivity contribution in [1.82, 2.24) is 13.8 Å². The zero-order valence-corrected chi connectivity index (χ0v) is 19.4. The fraction of sp³-hybridized carbons (Fsp3) is 0.364. The number of rotatable bonds is 7. The molecule has 0 bridgehead atoms. The molecule has 1 aromatic heterocycles. The van der Waals surface area contributed by atoms with Gasteiger partial charge in [-0.3, -0.25) is 14.2 Å². The number of carbonyl (C=O) groups excluding carboxylic acids is 1. The van der Waals surface area contributed by atoms with Crippen molar-refractivity contribution in [2.75, 3.05) is 32.8 Å². The van der Waals surface area contributed by atoms with Crippen LogP contribution in [0.5, 0.6) is 0 Å². The van der Waals surface area contributed by atoms with E-state index in [4.69, 9.17) is 4.74 Å². The van der Waals surface area contributed by atoms with E-state index in [2.05, 4.69) is 0 Å². The van der Waals surface area contributed by atoms with Gasteiger partial charge in [-0.05, 0) is 23.8 Å². The van der Waals surface area contributed by atoms with Crippen molar-refractivity contribution in [3.63, 3.8) is 0 Å². The molecule has 0 radical (unpaired) electrons. The van der Waals surface area contributed by atoms with E-state index in [-0.39, 0.29) is 28.8 Å². The molecule has 170 valence electrons. The molecule has 3 aromatic rings. The van der Waals surface area contributed by atoms with Gasteiger partial charge in [-0.1, -0.05) is 48.6 Å². The molecule has 0 saturated carbocycles. The number of hydrogen-bond donors (Lipinski definition) is 0. The molecular formula is C22H25N3O5S2. The van der Waals surface area contributed by atoms with E-state index in [0.717, 1.165) is 16.9 Å². The second-order valence-electron chi connectivity index (χ2n) is 7.49. The average Bonchev–Trinajstić information content (AvgIpc) is 3.12. The number of thiazole rings is 1. The zero-order valence-electron chi connectivity index (χ0n) is 17.8. The summed E-state index contributed by atoms with van der Waals surface area (Å²) in [6, 6.07) is 14.1. The maximum atomic E-state index is 13.3. The summed E-state index contributed by atoms with van der Waals surface area (Å²) < 4.78 is 35.2. The van der Waals surface area contributed by atoms with E-state index in [0.29, 0.717) is 43.1 Å². The molecule has 1 amide bonds. The summed E-state index contributed by atoms with van der Waals surface area (Å²) >= 11 is 0.950. The molecule has 8 nitrogen and oxygen atoms in total. The van der Waals surface area contributed by atoms with Crippen LogP contribution in [-0.2, 0) is 32.6 Å². The standard InChI is InChI=1S/C22H25N3O5S2/c1-2-24(15-17-6-4-3-5-7-17)32(28,29)18-8-9-19-20(14-18)31-22(27)25(19)16-21(26)23-10-12-30-13-11-23/h3-9,14H,2,10-13,15-16H2,1H3. The van der Waals surface area contributed by atoms with Crippen LogP contribution in [0.2, 0.25) is 0 Å². The van der Waals surface area contributed by atoms with Gasteiger partial charge in [0.1, 0.15) is 6.54 Å². The molecule has 10 heteroatoms. The Morgan fingerprint density at radius 2 is 1.84 bits per heavy atom. The lowest BCUT2D eigenvalue weighted by atomic mass is 10.2. The van der Waals surface area contributed by atoms with E-state index in [1.165, 1.54) is 21.0 Å². The Bertz CT molecular complexity index is 1260. The van der Waals surface area contributed by atoms with Crippen molar-refractivity contribution >= 4 is 37.5 Å². The van der Waals surface area contributed by atoms with E-state index >= 15 is 0 Å². The van der Waals surface area contributed by atoms with E-state index in [9.17, 15) is 18.0 Å². The SMILES string of the molecule is CCN(Cc1ccccc1)S(=O)(=O)c1ccc2c(c1)sc(=O)n2CC(=O)N1CCOCC1. The van der Waals surface area contributed by atoms with Gasteiger partial charge < -0.3 is 9.64 Å². The number of hydrogen-bond acceptors (Lipinski definition) is 6. The summed E-state index contributed by atoms with van der Waals surface area (Å²) in [5, 5.41) is 0. The van der Waals surface area contributed by atoms with Crippen LogP contribution in [0.4, 0.5) is 0 Å². The zero-order chi connectivity index (χ0) is 22.7. The number of aromatic nitrogens is 1. The van der Waals surface area contributed by atoms with Gasteiger partial charge in [0.2, 0.25) is 15.9 Å². The quantitative estimate of drug-likeness (QED) is 0.522. The Morgan fingerprint density at radius 3 is 2.53 bits per heavy atom. The summed E-state index contributed by atoms with van der Waals surface area (Å²) in [5.74, 6) is -0.146. The molecule has 32 heavy (non-hydrogen) atoms. The minimum absolute atomic E-state index is 0.0694. The third-order valence-electron chi connectivity index (χ3n) is 5.49. The Hall–Kier alpha value is -2.53. The van der Waals surface area contributed by atoms with Crippen molar-refractivity contribution in [3.8, 4) is 0 Å². The summed E-state index contributed by atoms with van der Waals surface area (Å²) in [7, 11) is -3.74. The van der Waals surface area contributed by atoms with E-state index in [1.807, 2.05) is 30.3 Å². The van der Waals surface area contributed by atoms with Crippen LogP contribution >= 0.6 is 11.3 Å². The first-order valence-electron chi connectivity index (χ1n) is 10.4. The summed E-state index contributed by atoms with van der Waals surface area (Å²) in [4.78, 5) is 26.7. The number of morpholine rings is 1. The maximum absolute atomic E-state index is 13.3. The van der Waals surface area contributed by atoms with Crippen molar-refractivity contribution in [3.05, 3.63) is 63.8 Å². The number of ether oxygens (including phenoxy) is 1. The first kappa shape index (κ1) is 22.7.